The smallest absolute Gasteiger partial charge is 0.0297 e. The molecule has 0 bridgehead atoms. The van der Waals surface area contributed by atoms with Crippen molar-refractivity contribution in [2.75, 3.05) is 18.8 Å². The summed E-state index contributed by atoms with van der Waals surface area (Å²) < 4.78 is 0. The summed E-state index contributed by atoms with van der Waals surface area (Å²) in [6, 6.07) is 10.7. The van der Waals surface area contributed by atoms with Gasteiger partial charge in [-0.05, 0) is 17.7 Å². The Morgan fingerprint density at radius 1 is 1.23 bits per heavy atom. The third-order valence-electron chi connectivity index (χ3n) is 2.33. The largest absolute Gasteiger partial charge is 0.314 e. The van der Waals surface area contributed by atoms with Gasteiger partial charge in [-0.25, -0.2) is 0 Å². The molecule has 1 saturated heterocycles. The van der Waals surface area contributed by atoms with Crippen molar-refractivity contribution in [3.63, 3.8) is 0 Å². The van der Waals surface area contributed by atoms with E-state index in [1.807, 2.05) is 0 Å². The molecule has 70 valence electrons. The Kier molecular flexibility index (Phi) is 3.27. The Morgan fingerprint density at radius 2 is 2.00 bits per heavy atom. The average Bonchev–Trinajstić information content (AvgIpc) is 2.11. The number of aryl methyl sites for hydroxylation is 1. The van der Waals surface area contributed by atoms with Crippen LogP contribution in [-0.4, -0.2) is 24.1 Å². The molecule has 1 N–H and O–H groups in total. The number of hydrogen-bond donors (Lipinski definition) is 1. The van der Waals surface area contributed by atoms with Gasteiger partial charge in [0.2, 0.25) is 0 Å². The zero-order valence-electron chi connectivity index (χ0n) is 7.70. The molecule has 1 aromatic carbocycles. The van der Waals surface area contributed by atoms with Crippen molar-refractivity contribution >= 4 is 11.8 Å². The maximum absolute atomic E-state index is 3.29. The summed E-state index contributed by atoms with van der Waals surface area (Å²) >= 11 is 2.10. The van der Waals surface area contributed by atoms with Gasteiger partial charge in [-0.3, -0.25) is 0 Å². The fraction of sp³-hybridized carbons (Fsp3) is 0.455. The van der Waals surface area contributed by atoms with Crippen molar-refractivity contribution in [3.05, 3.63) is 35.9 Å². The fourth-order valence-electron chi connectivity index (χ4n) is 1.37. The van der Waals surface area contributed by atoms with Crippen molar-refractivity contribution in [3.8, 4) is 0 Å². The standard InChI is InChI=1S/C11H15NS/c1-2-4-10(5-3-1)6-7-13-11-8-12-9-11/h1-5,11-12H,6-9H2. The zero-order valence-corrected chi connectivity index (χ0v) is 8.52. The second-order valence-electron chi connectivity index (χ2n) is 3.39. The van der Waals surface area contributed by atoms with E-state index in [4.69, 9.17) is 0 Å². The predicted molar refractivity (Wildman–Crippen MR) is 59.3 cm³/mol. The van der Waals surface area contributed by atoms with Crippen molar-refractivity contribution in [1.29, 1.82) is 0 Å². The first kappa shape index (κ1) is 9.10. The third-order valence-corrected chi connectivity index (χ3v) is 3.58. The minimum absolute atomic E-state index is 0.878. The minimum Gasteiger partial charge on any atom is -0.314 e. The Balaban J connectivity index is 1.67. The highest BCUT2D eigenvalue weighted by Gasteiger charge is 2.15. The highest BCUT2D eigenvalue weighted by molar-refractivity contribution is 8.00. The van der Waals surface area contributed by atoms with Gasteiger partial charge in [-0.2, -0.15) is 11.8 Å². The molecule has 1 heterocycles. The van der Waals surface area contributed by atoms with Crippen LogP contribution in [-0.2, 0) is 6.42 Å². The summed E-state index contributed by atoms with van der Waals surface area (Å²) in [7, 11) is 0. The molecule has 0 unspecified atom stereocenters. The summed E-state index contributed by atoms with van der Waals surface area (Å²) in [6.45, 7) is 2.42. The van der Waals surface area contributed by atoms with Crippen LogP contribution in [0.3, 0.4) is 0 Å². The lowest BCUT2D eigenvalue weighted by atomic mass is 10.2. The van der Waals surface area contributed by atoms with Crippen LogP contribution in [0, 0.1) is 0 Å². The van der Waals surface area contributed by atoms with Gasteiger partial charge >= 0.3 is 0 Å². The van der Waals surface area contributed by atoms with E-state index < -0.39 is 0 Å². The normalized spacial score (nSPS) is 16.9. The molecule has 0 aliphatic carbocycles. The number of nitrogens with one attached hydrogen (secondary N) is 1. The molecule has 1 aromatic rings. The van der Waals surface area contributed by atoms with Gasteiger partial charge in [0.1, 0.15) is 0 Å². The van der Waals surface area contributed by atoms with Crippen LogP contribution >= 0.6 is 11.8 Å². The van der Waals surface area contributed by atoms with Crippen LogP contribution in [0.15, 0.2) is 30.3 Å². The van der Waals surface area contributed by atoms with Crippen molar-refractivity contribution < 1.29 is 0 Å². The van der Waals surface area contributed by atoms with Crippen LogP contribution in [0.25, 0.3) is 0 Å². The topological polar surface area (TPSA) is 12.0 Å². The molecule has 0 aromatic heterocycles. The van der Waals surface area contributed by atoms with E-state index in [0.717, 1.165) is 5.25 Å². The molecular weight excluding hydrogens is 178 g/mol. The van der Waals surface area contributed by atoms with Crippen LogP contribution in [0.4, 0.5) is 0 Å². The van der Waals surface area contributed by atoms with Gasteiger partial charge in [-0.1, -0.05) is 30.3 Å². The van der Waals surface area contributed by atoms with E-state index in [2.05, 4.69) is 47.4 Å². The Bertz CT molecular complexity index is 244. The molecule has 1 aliphatic heterocycles. The van der Waals surface area contributed by atoms with Gasteiger partial charge < -0.3 is 5.32 Å². The second-order valence-corrected chi connectivity index (χ2v) is 4.79. The number of rotatable bonds is 4. The van der Waals surface area contributed by atoms with Gasteiger partial charge in [0, 0.05) is 18.3 Å². The van der Waals surface area contributed by atoms with E-state index in [-0.39, 0.29) is 0 Å². The van der Waals surface area contributed by atoms with E-state index in [0.29, 0.717) is 0 Å². The first-order valence-electron chi connectivity index (χ1n) is 4.81. The molecule has 0 atom stereocenters. The molecule has 0 saturated carbocycles. The maximum atomic E-state index is 3.29. The van der Waals surface area contributed by atoms with E-state index in [9.17, 15) is 0 Å². The zero-order chi connectivity index (χ0) is 8.93. The fourth-order valence-corrected chi connectivity index (χ4v) is 2.53. The third kappa shape index (κ3) is 2.75. The van der Waals surface area contributed by atoms with E-state index in [1.165, 1.54) is 30.8 Å². The minimum atomic E-state index is 0.878. The molecule has 1 fully saturated rings. The maximum Gasteiger partial charge on any atom is 0.0297 e. The summed E-state index contributed by atoms with van der Waals surface area (Å²) in [4.78, 5) is 0. The van der Waals surface area contributed by atoms with Gasteiger partial charge in [0.05, 0.1) is 0 Å². The molecule has 0 spiro atoms. The first-order valence-corrected chi connectivity index (χ1v) is 5.86. The monoisotopic (exact) mass is 193 g/mol. The Morgan fingerprint density at radius 3 is 2.62 bits per heavy atom. The number of thioether (sulfide) groups is 1. The second kappa shape index (κ2) is 4.68. The van der Waals surface area contributed by atoms with Crippen LogP contribution in [0.2, 0.25) is 0 Å². The molecule has 0 radical (unpaired) electrons. The molecule has 0 amide bonds. The number of benzene rings is 1. The van der Waals surface area contributed by atoms with Crippen LogP contribution in [0.1, 0.15) is 5.56 Å². The lowest BCUT2D eigenvalue weighted by Crippen LogP contribution is -2.44. The highest BCUT2D eigenvalue weighted by Crippen LogP contribution is 2.16. The van der Waals surface area contributed by atoms with Gasteiger partial charge in [0.25, 0.3) is 0 Å². The average molecular weight is 193 g/mol. The highest BCUT2D eigenvalue weighted by atomic mass is 32.2. The summed E-state index contributed by atoms with van der Waals surface area (Å²) in [5.74, 6) is 1.26. The molecule has 13 heavy (non-hydrogen) atoms. The molecule has 2 heteroatoms. The SMILES string of the molecule is c1ccc(CCSC2CNC2)cc1. The van der Waals surface area contributed by atoms with Crippen molar-refractivity contribution in [2.24, 2.45) is 0 Å². The predicted octanol–water partition coefficient (Wildman–Crippen LogP) is 1.93. The quantitative estimate of drug-likeness (QED) is 0.784. The lowest BCUT2D eigenvalue weighted by molar-refractivity contribution is 0.543. The summed E-state index contributed by atoms with van der Waals surface area (Å²) in [5.41, 5.74) is 1.46. The van der Waals surface area contributed by atoms with Gasteiger partial charge in [-0.15, -0.1) is 0 Å². The van der Waals surface area contributed by atoms with Crippen molar-refractivity contribution in [1.82, 2.24) is 5.32 Å². The number of hydrogen-bond acceptors (Lipinski definition) is 2. The lowest BCUT2D eigenvalue weighted by Gasteiger charge is -2.26. The summed E-state index contributed by atoms with van der Waals surface area (Å²) in [5, 5.41) is 4.17. The Hall–Kier alpha value is -0.470. The van der Waals surface area contributed by atoms with Gasteiger partial charge in [0.15, 0.2) is 0 Å². The van der Waals surface area contributed by atoms with Crippen molar-refractivity contribution in [2.45, 2.75) is 11.7 Å². The molecule has 1 aliphatic rings. The Labute approximate surface area is 83.9 Å². The van der Waals surface area contributed by atoms with Crippen LogP contribution in [0.5, 0.6) is 0 Å². The molecule has 1 nitrogen and oxygen atoms in total. The summed E-state index contributed by atoms with van der Waals surface area (Å²) in [6.07, 6.45) is 1.21. The molecular formula is C11H15NS. The molecule has 2 rings (SSSR count). The first-order chi connectivity index (χ1) is 6.45. The van der Waals surface area contributed by atoms with E-state index in [1.54, 1.807) is 0 Å². The van der Waals surface area contributed by atoms with Crippen LogP contribution < -0.4 is 5.32 Å². The van der Waals surface area contributed by atoms with E-state index >= 15 is 0 Å².